The van der Waals surface area contributed by atoms with Gasteiger partial charge in [0.05, 0.1) is 10.6 Å². The smallest absolute Gasteiger partial charge is 0.313 e. The van der Waals surface area contributed by atoms with Crippen LogP contribution in [0.1, 0.15) is 38.2 Å². The van der Waals surface area contributed by atoms with Gasteiger partial charge in [0.2, 0.25) is 6.41 Å². The second kappa shape index (κ2) is 7.69. The summed E-state index contributed by atoms with van der Waals surface area (Å²) in [4.78, 5) is 37.7. The van der Waals surface area contributed by atoms with Crippen molar-refractivity contribution in [2.24, 2.45) is 10.9 Å². The van der Waals surface area contributed by atoms with Gasteiger partial charge in [0.1, 0.15) is 5.92 Å². The quantitative estimate of drug-likeness (QED) is 0.447. The summed E-state index contributed by atoms with van der Waals surface area (Å²) in [6, 6.07) is 5.71. The number of carbonyl (C=O) groups excluding carboxylic acids is 1. The van der Waals surface area contributed by atoms with Gasteiger partial charge >= 0.3 is 5.97 Å². The van der Waals surface area contributed by atoms with Crippen LogP contribution in [0, 0.1) is 16.0 Å². The number of carboxylic acids is 1. The van der Waals surface area contributed by atoms with Crippen molar-refractivity contribution in [3.8, 4) is 0 Å². The molecule has 1 aromatic carbocycles. The molecule has 25 heavy (non-hydrogen) atoms. The van der Waals surface area contributed by atoms with Crippen molar-refractivity contribution < 1.29 is 19.6 Å². The minimum absolute atomic E-state index is 0.0830. The summed E-state index contributed by atoms with van der Waals surface area (Å²) < 4.78 is 0. The number of hydrogen-bond donors (Lipinski definition) is 2. The van der Waals surface area contributed by atoms with E-state index >= 15 is 0 Å². The van der Waals surface area contributed by atoms with Crippen LogP contribution in [-0.4, -0.2) is 28.1 Å². The Hall–Kier alpha value is -3.03. The Kier molecular flexibility index (Phi) is 5.63. The average Bonchev–Trinajstić information content (AvgIpc) is 2.61. The Bertz CT molecular complexity index is 752. The predicted molar refractivity (Wildman–Crippen MR) is 91.2 cm³/mol. The maximum atomic E-state index is 11.9. The lowest BCUT2D eigenvalue weighted by Crippen LogP contribution is -2.37. The summed E-state index contributed by atoms with van der Waals surface area (Å²) in [5.74, 6) is -2.65. The van der Waals surface area contributed by atoms with E-state index in [2.05, 4.69) is 10.3 Å². The first kappa shape index (κ1) is 18.3. The summed E-state index contributed by atoms with van der Waals surface area (Å²) in [5.41, 5.74) is 2.06. The van der Waals surface area contributed by atoms with Crippen LogP contribution in [-0.2, 0) is 9.59 Å². The van der Waals surface area contributed by atoms with Crippen LogP contribution >= 0.6 is 0 Å². The molecule has 132 valence electrons. The summed E-state index contributed by atoms with van der Waals surface area (Å²) in [7, 11) is 0. The predicted octanol–water partition coefficient (Wildman–Crippen LogP) is 2.61. The second-order valence-electron chi connectivity index (χ2n) is 5.58. The zero-order valence-electron chi connectivity index (χ0n) is 13.9. The van der Waals surface area contributed by atoms with E-state index in [0.717, 1.165) is 0 Å². The molecule has 0 spiro atoms. The van der Waals surface area contributed by atoms with Crippen molar-refractivity contribution in [2.75, 3.05) is 0 Å². The molecule has 0 saturated heterocycles. The maximum absolute atomic E-state index is 11.9. The van der Waals surface area contributed by atoms with Gasteiger partial charge in [-0.3, -0.25) is 24.7 Å². The van der Waals surface area contributed by atoms with Crippen molar-refractivity contribution in [3.63, 3.8) is 0 Å². The number of hydrogen-bond acceptors (Lipinski definition) is 5. The number of aliphatic imine (C=N–C) groups is 1. The van der Waals surface area contributed by atoms with Crippen LogP contribution in [0.3, 0.4) is 0 Å². The molecule has 1 aliphatic heterocycles. The third-order valence-electron chi connectivity index (χ3n) is 4.23. The molecule has 0 radical (unpaired) electrons. The van der Waals surface area contributed by atoms with E-state index in [-0.39, 0.29) is 5.69 Å². The minimum atomic E-state index is -1.05. The average molecular weight is 345 g/mol. The number of rotatable bonds is 7. The molecule has 1 aliphatic rings. The van der Waals surface area contributed by atoms with E-state index in [4.69, 9.17) is 0 Å². The Balaban J connectivity index is 2.63. The number of carbonyl (C=O) groups is 2. The Morgan fingerprint density at radius 2 is 1.96 bits per heavy atom. The lowest BCUT2D eigenvalue weighted by Gasteiger charge is -2.32. The number of carboxylic acid groups (broad SMARTS) is 1. The Morgan fingerprint density at radius 1 is 1.32 bits per heavy atom. The number of benzene rings is 1. The first-order chi connectivity index (χ1) is 11.9. The molecule has 2 unspecified atom stereocenters. The number of allylic oxidation sites excluding steroid dienone is 2. The molecule has 2 N–H and O–H groups in total. The molecule has 2 rings (SSSR count). The number of non-ortho nitro benzene ring substituents is 1. The SMILES string of the molecule is CCC1=NC(CC)=C(NC=O)C(c2ccc([N+](=O)[O-])cc2)C1C(=O)O. The highest BCUT2D eigenvalue weighted by Gasteiger charge is 2.39. The van der Waals surface area contributed by atoms with Crippen molar-refractivity contribution >= 4 is 23.8 Å². The maximum Gasteiger partial charge on any atom is 0.313 e. The van der Waals surface area contributed by atoms with E-state index in [1.165, 1.54) is 24.3 Å². The highest BCUT2D eigenvalue weighted by Crippen LogP contribution is 2.39. The summed E-state index contributed by atoms with van der Waals surface area (Å²) in [5, 5.41) is 23.2. The topological polar surface area (TPSA) is 122 Å². The first-order valence-electron chi connectivity index (χ1n) is 7.92. The lowest BCUT2D eigenvalue weighted by atomic mass is 9.77. The molecule has 1 heterocycles. The third-order valence-corrected chi connectivity index (χ3v) is 4.23. The summed E-state index contributed by atoms with van der Waals surface area (Å²) in [6.07, 6.45) is 1.47. The van der Waals surface area contributed by atoms with E-state index in [0.29, 0.717) is 41.9 Å². The lowest BCUT2D eigenvalue weighted by molar-refractivity contribution is -0.384. The zero-order chi connectivity index (χ0) is 18.6. The minimum Gasteiger partial charge on any atom is -0.481 e. The third kappa shape index (κ3) is 3.57. The molecule has 0 bridgehead atoms. The van der Waals surface area contributed by atoms with Gasteiger partial charge in [0.25, 0.3) is 5.69 Å². The molecule has 1 aromatic rings. The molecular weight excluding hydrogens is 326 g/mol. The molecule has 0 fully saturated rings. The largest absolute Gasteiger partial charge is 0.481 e. The van der Waals surface area contributed by atoms with Gasteiger partial charge in [-0.15, -0.1) is 0 Å². The standard InChI is InChI=1S/C17H19N3O5/c1-3-12-15(17(22)23)14(16(18-9-21)13(4-2)19-12)10-5-7-11(8-6-10)20(24)25/h5-9,14-15H,3-4H2,1-2H3,(H,18,21)(H,22,23). The normalized spacial score (nSPS) is 20.0. The Labute approximate surface area is 144 Å². The number of nitrogens with zero attached hydrogens (tertiary/aromatic N) is 2. The molecule has 1 amide bonds. The first-order valence-corrected chi connectivity index (χ1v) is 7.92. The molecule has 8 nitrogen and oxygen atoms in total. The Morgan fingerprint density at radius 3 is 2.40 bits per heavy atom. The van der Waals surface area contributed by atoms with Crippen molar-refractivity contribution in [1.29, 1.82) is 0 Å². The zero-order valence-corrected chi connectivity index (χ0v) is 13.9. The molecule has 0 aromatic heterocycles. The van der Waals surface area contributed by atoms with Crippen LogP contribution in [0.25, 0.3) is 0 Å². The van der Waals surface area contributed by atoms with Gasteiger partial charge < -0.3 is 10.4 Å². The number of nitro groups is 1. The van der Waals surface area contributed by atoms with Gasteiger partial charge in [-0.2, -0.15) is 0 Å². The second-order valence-corrected chi connectivity index (χ2v) is 5.58. The van der Waals surface area contributed by atoms with Crippen LogP contribution in [0.2, 0.25) is 0 Å². The molecule has 0 aliphatic carbocycles. The fourth-order valence-corrected chi connectivity index (χ4v) is 3.09. The van der Waals surface area contributed by atoms with Crippen molar-refractivity contribution in [3.05, 3.63) is 51.3 Å². The number of nitrogens with one attached hydrogen (secondary N) is 1. The number of aliphatic carboxylic acids is 1. The van der Waals surface area contributed by atoms with Gasteiger partial charge in [-0.1, -0.05) is 26.0 Å². The van der Waals surface area contributed by atoms with E-state index < -0.39 is 22.7 Å². The highest BCUT2D eigenvalue weighted by atomic mass is 16.6. The van der Waals surface area contributed by atoms with Gasteiger partial charge in [0.15, 0.2) is 0 Å². The van der Waals surface area contributed by atoms with Crippen molar-refractivity contribution in [2.45, 2.75) is 32.6 Å². The van der Waals surface area contributed by atoms with Crippen LogP contribution < -0.4 is 5.32 Å². The van der Waals surface area contributed by atoms with Crippen LogP contribution in [0.5, 0.6) is 0 Å². The van der Waals surface area contributed by atoms with Gasteiger partial charge in [-0.25, -0.2) is 0 Å². The molecule has 0 saturated carbocycles. The number of nitro benzene ring substituents is 1. The van der Waals surface area contributed by atoms with Gasteiger partial charge in [0, 0.05) is 29.5 Å². The van der Waals surface area contributed by atoms with E-state index in [1.807, 2.05) is 13.8 Å². The van der Waals surface area contributed by atoms with Crippen LogP contribution in [0.4, 0.5) is 5.69 Å². The number of amides is 1. The van der Waals surface area contributed by atoms with E-state index in [1.54, 1.807) is 0 Å². The van der Waals surface area contributed by atoms with Crippen LogP contribution in [0.15, 0.2) is 40.7 Å². The summed E-state index contributed by atoms with van der Waals surface area (Å²) >= 11 is 0. The fourth-order valence-electron chi connectivity index (χ4n) is 3.09. The molecular formula is C17H19N3O5. The van der Waals surface area contributed by atoms with Crippen molar-refractivity contribution in [1.82, 2.24) is 5.32 Å². The highest BCUT2D eigenvalue weighted by molar-refractivity contribution is 6.04. The summed E-state index contributed by atoms with van der Waals surface area (Å²) in [6.45, 7) is 3.69. The molecule has 2 atom stereocenters. The van der Waals surface area contributed by atoms with E-state index in [9.17, 15) is 24.8 Å². The van der Waals surface area contributed by atoms with Gasteiger partial charge in [-0.05, 0) is 18.4 Å². The molecule has 8 heteroatoms. The monoisotopic (exact) mass is 345 g/mol. The fraction of sp³-hybridized carbons (Fsp3) is 0.353.